The Labute approximate surface area is 188 Å². The highest BCUT2D eigenvalue weighted by Crippen LogP contribution is 2.42. The lowest BCUT2D eigenvalue weighted by atomic mass is 9.75. The third-order valence-corrected chi connectivity index (χ3v) is 5.86. The molecule has 1 unspecified atom stereocenters. The van der Waals surface area contributed by atoms with Gasteiger partial charge in [0.2, 0.25) is 0 Å². The summed E-state index contributed by atoms with van der Waals surface area (Å²) in [7, 11) is 0. The molecule has 2 aliphatic heterocycles. The summed E-state index contributed by atoms with van der Waals surface area (Å²) in [5.41, 5.74) is -0.701. The summed E-state index contributed by atoms with van der Waals surface area (Å²) in [5, 5.41) is 0. The minimum absolute atomic E-state index is 0.0814. The lowest BCUT2D eigenvalue weighted by Crippen LogP contribution is -2.56. The van der Waals surface area contributed by atoms with E-state index >= 15 is 0 Å². The third-order valence-electron chi connectivity index (χ3n) is 5.86. The largest absolute Gasteiger partial charge is 0.508 e. The number of hydrogen-bond acceptors (Lipinski definition) is 7. The predicted molar refractivity (Wildman–Crippen MR) is 118 cm³/mol. The van der Waals surface area contributed by atoms with Gasteiger partial charge in [-0.15, -0.1) is 0 Å². The molecule has 2 aliphatic rings. The Morgan fingerprint density at radius 3 is 1.77 bits per heavy atom. The standard InChI is InChI=1S/C24H44O7/c1-10-17(2)31-20(25)30-12-23(8,9)19-28-15-24(16-29-19)13-26-18(27-14-24)22(6,7)11-21(3,4)5/h17-19H,10-16H2,1-9H3. The maximum Gasteiger partial charge on any atom is 0.508 e. The van der Waals surface area contributed by atoms with Gasteiger partial charge in [0, 0.05) is 5.41 Å². The van der Waals surface area contributed by atoms with Crippen LogP contribution in [0.3, 0.4) is 0 Å². The van der Waals surface area contributed by atoms with Crippen molar-refractivity contribution in [1.82, 2.24) is 0 Å². The predicted octanol–water partition coefficient (Wildman–Crippen LogP) is 5.16. The van der Waals surface area contributed by atoms with Gasteiger partial charge in [-0.3, -0.25) is 0 Å². The van der Waals surface area contributed by atoms with Crippen LogP contribution in [0.5, 0.6) is 0 Å². The van der Waals surface area contributed by atoms with Gasteiger partial charge in [0.1, 0.15) is 12.7 Å². The number of carbonyl (C=O) groups is 1. The summed E-state index contributed by atoms with van der Waals surface area (Å²) >= 11 is 0. The van der Waals surface area contributed by atoms with E-state index in [9.17, 15) is 4.79 Å². The SMILES string of the molecule is CCC(C)OC(=O)OCC(C)(C)C1OCC2(CO1)COC(C(C)(C)CC(C)(C)C)OC2. The first-order chi connectivity index (χ1) is 14.2. The van der Waals surface area contributed by atoms with Crippen LogP contribution in [-0.4, -0.2) is 57.9 Å². The summed E-state index contributed by atoms with van der Waals surface area (Å²) < 4.78 is 34.9. The molecule has 0 N–H and O–H groups in total. The van der Waals surface area contributed by atoms with E-state index in [2.05, 4.69) is 34.6 Å². The van der Waals surface area contributed by atoms with Crippen LogP contribution < -0.4 is 0 Å². The molecule has 0 aromatic rings. The molecule has 0 bridgehead atoms. The molecule has 0 radical (unpaired) electrons. The first-order valence-corrected chi connectivity index (χ1v) is 11.5. The molecule has 31 heavy (non-hydrogen) atoms. The normalized spacial score (nSPS) is 28.9. The molecule has 2 saturated heterocycles. The van der Waals surface area contributed by atoms with Crippen LogP contribution in [-0.2, 0) is 28.4 Å². The monoisotopic (exact) mass is 444 g/mol. The highest BCUT2D eigenvalue weighted by atomic mass is 16.7. The first kappa shape index (κ1) is 26.4. The van der Waals surface area contributed by atoms with Crippen molar-refractivity contribution in [2.45, 2.75) is 93.8 Å². The van der Waals surface area contributed by atoms with Crippen LogP contribution in [0.15, 0.2) is 0 Å². The molecule has 182 valence electrons. The Morgan fingerprint density at radius 1 is 0.903 bits per heavy atom. The van der Waals surface area contributed by atoms with Gasteiger partial charge in [0.25, 0.3) is 0 Å². The second-order valence-corrected chi connectivity index (χ2v) is 12.0. The molecule has 2 heterocycles. The van der Waals surface area contributed by atoms with Crippen molar-refractivity contribution in [3.05, 3.63) is 0 Å². The first-order valence-electron chi connectivity index (χ1n) is 11.5. The number of ether oxygens (including phenoxy) is 6. The van der Waals surface area contributed by atoms with E-state index in [1.807, 2.05) is 27.7 Å². The second-order valence-electron chi connectivity index (χ2n) is 12.0. The van der Waals surface area contributed by atoms with Gasteiger partial charge in [0.05, 0.1) is 37.3 Å². The van der Waals surface area contributed by atoms with Crippen LogP contribution >= 0.6 is 0 Å². The number of hydrogen-bond donors (Lipinski definition) is 0. The molecule has 0 aliphatic carbocycles. The van der Waals surface area contributed by atoms with E-state index in [0.717, 1.165) is 12.8 Å². The second kappa shape index (κ2) is 9.94. The van der Waals surface area contributed by atoms with Crippen molar-refractivity contribution in [3.8, 4) is 0 Å². The summed E-state index contributed by atoms with van der Waals surface area (Å²) in [6, 6.07) is 0. The Morgan fingerprint density at radius 2 is 1.35 bits per heavy atom. The van der Waals surface area contributed by atoms with Crippen LogP contribution in [0.25, 0.3) is 0 Å². The minimum Gasteiger partial charge on any atom is -0.434 e. The summed E-state index contributed by atoms with van der Waals surface area (Å²) in [5.74, 6) is 0. The van der Waals surface area contributed by atoms with Gasteiger partial charge in [0.15, 0.2) is 12.6 Å². The van der Waals surface area contributed by atoms with Crippen LogP contribution in [0.1, 0.15) is 75.2 Å². The number of rotatable bonds is 7. The smallest absolute Gasteiger partial charge is 0.434 e. The van der Waals surface area contributed by atoms with Gasteiger partial charge in [-0.1, -0.05) is 55.4 Å². The molecule has 7 nitrogen and oxygen atoms in total. The average Bonchev–Trinajstić information content (AvgIpc) is 2.65. The van der Waals surface area contributed by atoms with Crippen molar-refractivity contribution in [1.29, 1.82) is 0 Å². The molecule has 2 fully saturated rings. The van der Waals surface area contributed by atoms with E-state index in [-0.39, 0.29) is 35.2 Å². The van der Waals surface area contributed by atoms with E-state index in [1.54, 1.807) is 0 Å². The molecule has 0 aromatic carbocycles. The quantitative estimate of drug-likeness (QED) is 0.502. The highest BCUT2D eigenvalue weighted by molar-refractivity contribution is 5.60. The Hall–Kier alpha value is -0.890. The Kier molecular flexibility index (Phi) is 8.45. The molecule has 1 spiro atoms. The molecule has 0 saturated carbocycles. The van der Waals surface area contributed by atoms with E-state index in [4.69, 9.17) is 28.4 Å². The van der Waals surface area contributed by atoms with Crippen molar-refractivity contribution >= 4 is 6.16 Å². The molecular weight excluding hydrogens is 400 g/mol. The van der Waals surface area contributed by atoms with Crippen LogP contribution in [0.2, 0.25) is 0 Å². The lowest BCUT2D eigenvalue weighted by Gasteiger charge is -2.49. The average molecular weight is 445 g/mol. The fourth-order valence-electron chi connectivity index (χ4n) is 4.30. The molecule has 7 heteroatoms. The minimum atomic E-state index is -0.660. The molecule has 0 aromatic heterocycles. The Balaban J connectivity index is 1.82. The van der Waals surface area contributed by atoms with Crippen molar-refractivity contribution in [3.63, 3.8) is 0 Å². The van der Waals surface area contributed by atoms with Gasteiger partial charge in [-0.2, -0.15) is 0 Å². The van der Waals surface area contributed by atoms with Gasteiger partial charge < -0.3 is 28.4 Å². The third kappa shape index (κ3) is 7.58. The maximum absolute atomic E-state index is 11.8. The van der Waals surface area contributed by atoms with Gasteiger partial charge in [-0.25, -0.2) is 4.79 Å². The fourth-order valence-corrected chi connectivity index (χ4v) is 4.30. The topological polar surface area (TPSA) is 72.5 Å². The van der Waals surface area contributed by atoms with Crippen molar-refractivity contribution in [2.24, 2.45) is 21.7 Å². The van der Waals surface area contributed by atoms with E-state index < -0.39 is 17.9 Å². The summed E-state index contributed by atoms with van der Waals surface area (Å²) in [6.07, 6.45) is 0.198. The fraction of sp³-hybridized carbons (Fsp3) is 0.958. The zero-order chi connectivity index (χ0) is 23.5. The van der Waals surface area contributed by atoms with E-state index in [0.29, 0.717) is 26.4 Å². The Bertz CT molecular complexity index is 575. The molecule has 0 amide bonds. The van der Waals surface area contributed by atoms with Gasteiger partial charge >= 0.3 is 6.16 Å². The van der Waals surface area contributed by atoms with Crippen molar-refractivity contribution in [2.75, 3.05) is 33.0 Å². The van der Waals surface area contributed by atoms with Gasteiger partial charge in [-0.05, 0) is 25.2 Å². The summed E-state index contributed by atoms with van der Waals surface area (Å²) in [6.45, 7) is 21.0. The molecule has 2 rings (SSSR count). The van der Waals surface area contributed by atoms with Crippen LogP contribution in [0.4, 0.5) is 4.79 Å². The zero-order valence-electron chi connectivity index (χ0n) is 21.0. The molecular formula is C24H44O7. The van der Waals surface area contributed by atoms with E-state index in [1.165, 1.54) is 0 Å². The number of carbonyl (C=O) groups excluding carboxylic acids is 1. The summed E-state index contributed by atoms with van der Waals surface area (Å²) in [4.78, 5) is 11.8. The van der Waals surface area contributed by atoms with Crippen molar-refractivity contribution < 1.29 is 33.2 Å². The van der Waals surface area contributed by atoms with Crippen LogP contribution in [0, 0.1) is 21.7 Å². The highest BCUT2D eigenvalue weighted by Gasteiger charge is 2.48. The zero-order valence-corrected chi connectivity index (χ0v) is 21.0. The maximum atomic E-state index is 11.8. The molecule has 1 atom stereocenters. The lowest BCUT2D eigenvalue weighted by molar-refractivity contribution is -0.337.